The minimum atomic E-state index is 0.484. The molecule has 47 heavy (non-hydrogen) atoms. The summed E-state index contributed by atoms with van der Waals surface area (Å²) in [5, 5.41) is 10.8. The number of rotatable bonds is 6. The summed E-state index contributed by atoms with van der Waals surface area (Å²) in [6.07, 6.45) is 13.6. The third-order valence-corrected chi connectivity index (χ3v) is 9.03. The Morgan fingerprint density at radius 3 is 2.21 bits per heavy atom. The lowest BCUT2D eigenvalue weighted by Crippen LogP contribution is -2.01. The Morgan fingerprint density at radius 1 is 0.596 bits per heavy atom. The second-order valence-corrected chi connectivity index (χ2v) is 11.7. The van der Waals surface area contributed by atoms with Gasteiger partial charge in [0.05, 0.1) is 45.5 Å². The Balaban J connectivity index is 1.57. The maximum Gasteiger partial charge on any atom is 0.160 e. The molecule has 222 valence electrons. The SMILES string of the molecule is c1ccc(-c2c(-c3ncccn3)c(-c3cccnn3)c3c(-c4cnccn4)c(-c4cc5ccccc5s4)oc3c2-c2ccco2)nc1. The summed E-state index contributed by atoms with van der Waals surface area (Å²) in [5.41, 5.74) is 6.15. The van der Waals surface area contributed by atoms with Crippen molar-refractivity contribution in [3.63, 3.8) is 0 Å². The van der Waals surface area contributed by atoms with Gasteiger partial charge >= 0.3 is 0 Å². The van der Waals surface area contributed by atoms with Gasteiger partial charge in [-0.2, -0.15) is 10.2 Å². The second kappa shape index (κ2) is 11.2. The van der Waals surface area contributed by atoms with Crippen LogP contribution in [0.4, 0.5) is 0 Å². The van der Waals surface area contributed by atoms with Crippen LogP contribution in [-0.2, 0) is 0 Å². The topological polar surface area (TPSA) is 117 Å². The highest BCUT2D eigenvalue weighted by molar-refractivity contribution is 7.22. The van der Waals surface area contributed by atoms with E-state index in [9.17, 15) is 0 Å². The van der Waals surface area contributed by atoms with Crippen LogP contribution in [0.1, 0.15) is 0 Å². The number of nitrogens with zero attached hydrogens (tertiary/aromatic N) is 7. The number of furan rings is 2. The molecule has 9 aromatic rings. The van der Waals surface area contributed by atoms with E-state index in [0.29, 0.717) is 51.1 Å². The van der Waals surface area contributed by atoms with E-state index in [-0.39, 0.29) is 0 Å². The van der Waals surface area contributed by atoms with Gasteiger partial charge in [0.25, 0.3) is 0 Å². The van der Waals surface area contributed by atoms with E-state index >= 15 is 0 Å². The molecule has 0 atom stereocenters. The summed E-state index contributed by atoms with van der Waals surface area (Å²) in [6, 6.07) is 25.6. The predicted octanol–water partition coefficient (Wildman–Crippen LogP) is 9.01. The third-order valence-electron chi connectivity index (χ3n) is 7.91. The molecule has 0 aliphatic rings. The van der Waals surface area contributed by atoms with Crippen LogP contribution in [0.5, 0.6) is 0 Å². The molecule has 0 unspecified atom stereocenters. The highest BCUT2D eigenvalue weighted by Gasteiger charge is 2.34. The fraction of sp³-hybridized carbons (Fsp3) is 0. The average molecular weight is 628 g/mol. The molecule has 0 spiro atoms. The van der Waals surface area contributed by atoms with Crippen molar-refractivity contribution in [2.24, 2.45) is 0 Å². The zero-order valence-electron chi connectivity index (χ0n) is 24.5. The molecule has 2 aromatic carbocycles. The van der Waals surface area contributed by atoms with E-state index in [1.165, 1.54) is 0 Å². The maximum absolute atomic E-state index is 7.11. The Hall–Kier alpha value is -6.39. The number of thiophene rings is 1. The second-order valence-electron chi connectivity index (χ2n) is 10.6. The summed E-state index contributed by atoms with van der Waals surface area (Å²) in [4.78, 5) is 24.6. The largest absolute Gasteiger partial charge is 0.464 e. The summed E-state index contributed by atoms with van der Waals surface area (Å²) >= 11 is 1.65. The van der Waals surface area contributed by atoms with Crippen molar-refractivity contribution < 1.29 is 8.83 Å². The minimum Gasteiger partial charge on any atom is -0.464 e. The monoisotopic (exact) mass is 627 g/mol. The van der Waals surface area contributed by atoms with Crippen molar-refractivity contribution in [1.82, 2.24) is 35.1 Å². The fourth-order valence-electron chi connectivity index (χ4n) is 6.04. The molecule has 9 rings (SSSR count). The Labute approximate surface area is 271 Å². The Bertz CT molecular complexity index is 2470. The van der Waals surface area contributed by atoms with Crippen molar-refractivity contribution in [1.29, 1.82) is 0 Å². The minimum absolute atomic E-state index is 0.484. The van der Waals surface area contributed by atoms with E-state index in [0.717, 1.165) is 37.0 Å². The van der Waals surface area contributed by atoms with E-state index in [2.05, 4.69) is 33.4 Å². The van der Waals surface area contributed by atoms with Gasteiger partial charge in [-0.25, -0.2) is 9.97 Å². The van der Waals surface area contributed by atoms with Crippen molar-refractivity contribution in [3.8, 4) is 67.1 Å². The molecule has 0 saturated carbocycles. The highest BCUT2D eigenvalue weighted by Crippen LogP contribution is 2.55. The molecule has 0 N–H and O–H groups in total. The van der Waals surface area contributed by atoms with E-state index in [1.807, 2.05) is 54.6 Å². The first-order chi connectivity index (χ1) is 23.3. The van der Waals surface area contributed by atoms with Crippen LogP contribution in [0.15, 0.2) is 137 Å². The fourth-order valence-corrected chi connectivity index (χ4v) is 7.09. The summed E-state index contributed by atoms with van der Waals surface area (Å²) in [5.74, 6) is 1.73. The summed E-state index contributed by atoms with van der Waals surface area (Å²) in [7, 11) is 0. The van der Waals surface area contributed by atoms with E-state index < -0.39 is 0 Å². The van der Waals surface area contributed by atoms with Crippen LogP contribution in [0.2, 0.25) is 0 Å². The van der Waals surface area contributed by atoms with Gasteiger partial charge in [0.1, 0.15) is 11.3 Å². The van der Waals surface area contributed by atoms with Crippen LogP contribution >= 0.6 is 11.3 Å². The van der Waals surface area contributed by atoms with Crippen molar-refractivity contribution in [3.05, 3.63) is 129 Å². The number of hydrogen-bond donors (Lipinski definition) is 0. The molecule has 0 aliphatic carbocycles. The standard InChI is InChI=1S/C37H21N7O2S/c1-2-12-27-22(8-1)20-28(47-27)35-31(25-21-38-17-18-40-25)33-30(24-10-5-16-43-44-24)34(37-41-14-7-15-42-37)29(23-9-3-4-13-39-23)32(36(33)46-35)26-11-6-19-45-26/h1-21H. The molecule has 9 nitrogen and oxygen atoms in total. The summed E-state index contributed by atoms with van der Waals surface area (Å²) < 4.78 is 14.4. The number of benzene rings is 2. The molecular weight excluding hydrogens is 607 g/mol. The predicted molar refractivity (Wildman–Crippen MR) is 181 cm³/mol. The Morgan fingerprint density at radius 2 is 1.45 bits per heavy atom. The lowest BCUT2D eigenvalue weighted by molar-refractivity contribution is 0.579. The normalized spacial score (nSPS) is 11.4. The number of pyridine rings is 1. The Kier molecular flexibility index (Phi) is 6.43. The molecule has 0 saturated heterocycles. The van der Waals surface area contributed by atoms with E-state index in [4.69, 9.17) is 28.8 Å². The maximum atomic E-state index is 7.11. The highest BCUT2D eigenvalue weighted by atomic mass is 32.1. The average Bonchev–Trinajstić information content (AvgIpc) is 3.91. The first kappa shape index (κ1) is 27.0. The molecule has 0 bridgehead atoms. The van der Waals surface area contributed by atoms with Gasteiger partial charge in [0, 0.05) is 64.0 Å². The molecule has 10 heteroatoms. The van der Waals surface area contributed by atoms with E-state index in [1.54, 1.807) is 67.0 Å². The molecular formula is C37H21N7O2S. The summed E-state index contributed by atoms with van der Waals surface area (Å²) in [6.45, 7) is 0. The first-order valence-corrected chi connectivity index (χ1v) is 15.6. The van der Waals surface area contributed by atoms with Crippen LogP contribution in [0.25, 0.3) is 88.2 Å². The smallest absolute Gasteiger partial charge is 0.160 e. The van der Waals surface area contributed by atoms with Gasteiger partial charge in [-0.3, -0.25) is 15.0 Å². The van der Waals surface area contributed by atoms with Gasteiger partial charge in [0.15, 0.2) is 11.6 Å². The van der Waals surface area contributed by atoms with Gasteiger partial charge in [-0.1, -0.05) is 24.3 Å². The zero-order valence-corrected chi connectivity index (χ0v) is 25.3. The van der Waals surface area contributed by atoms with Gasteiger partial charge in [0.2, 0.25) is 0 Å². The van der Waals surface area contributed by atoms with Gasteiger partial charge in [-0.15, -0.1) is 11.3 Å². The van der Waals surface area contributed by atoms with Crippen molar-refractivity contribution in [2.75, 3.05) is 0 Å². The molecule has 7 aromatic heterocycles. The van der Waals surface area contributed by atoms with Crippen LogP contribution in [-0.4, -0.2) is 35.1 Å². The zero-order chi connectivity index (χ0) is 31.2. The third kappa shape index (κ3) is 4.50. The number of aromatic nitrogens is 7. The van der Waals surface area contributed by atoms with Crippen molar-refractivity contribution in [2.45, 2.75) is 0 Å². The van der Waals surface area contributed by atoms with Crippen molar-refractivity contribution >= 4 is 32.4 Å². The molecule has 0 radical (unpaired) electrons. The molecule has 7 heterocycles. The van der Waals surface area contributed by atoms with Gasteiger partial charge < -0.3 is 8.83 Å². The lowest BCUT2D eigenvalue weighted by atomic mass is 9.85. The molecule has 0 aliphatic heterocycles. The lowest BCUT2D eigenvalue weighted by Gasteiger charge is -2.18. The quantitative estimate of drug-likeness (QED) is 0.178. The molecule has 0 amide bonds. The molecule has 0 fully saturated rings. The number of hydrogen-bond acceptors (Lipinski definition) is 10. The van der Waals surface area contributed by atoms with Crippen LogP contribution in [0, 0.1) is 0 Å². The first-order valence-electron chi connectivity index (χ1n) is 14.8. The number of fused-ring (bicyclic) bond motifs is 2. The van der Waals surface area contributed by atoms with Crippen LogP contribution in [0.3, 0.4) is 0 Å². The van der Waals surface area contributed by atoms with Gasteiger partial charge in [-0.05, 0) is 60.0 Å². The van der Waals surface area contributed by atoms with Crippen LogP contribution < -0.4 is 0 Å².